The van der Waals surface area contributed by atoms with Crippen LogP contribution in [0.2, 0.25) is 0 Å². The number of hydrogen-bond acceptors (Lipinski definition) is 2. The lowest BCUT2D eigenvalue weighted by molar-refractivity contribution is 0.0692. The molecule has 0 aromatic heterocycles. The summed E-state index contributed by atoms with van der Waals surface area (Å²) in [6.45, 7) is 4.06. The SMILES string of the molecule is CCCC1CCCN(c2ccc(C(=O)O)c(F)c2)CC1. The smallest absolute Gasteiger partial charge is 0.338 e. The molecule has 20 heavy (non-hydrogen) atoms. The Labute approximate surface area is 119 Å². The molecule has 1 N–H and O–H groups in total. The van der Waals surface area contributed by atoms with Gasteiger partial charge in [0.05, 0.1) is 5.56 Å². The predicted octanol–water partition coefficient (Wildman–Crippen LogP) is 3.93. The molecule has 1 aliphatic heterocycles. The highest BCUT2D eigenvalue weighted by Gasteiger charge is 2.18. The zero-order valence-corrected chi connectivity index (χ0v) is 11.9. The molecule has 1 fully saturated rings. The lowest BCUT2D eigenvalue weighted by Gasteiger charge is -2.23. The van der Waals surface area contributed by atoms with E-state index in [0.717, 1.165) is 37.5 Å². The highest BCUT2D eigenvalue weighted by atomic mass is 19.1. The van der Waals surface area contributed by atoms with Crippen molar-refractivity contribution in [2.75, 3.05) is 18.0 Å². The maximum Gasteiger partial charge on any atom is 0.338 e. The normalized spacial score (nSPS) is 19.7. The van der Waals surface area contributed by atoms with E-state index in [2.05, 4.69) is 11.8 Å². The van der Waals surface area contributed by atoms with Gasteiger partial charge in [-0.1, -0.05) is 19.8 Å². The fourth-order valence-electron chi connectivity index (χ4n) is 2.99. The minimum atomic E-state index is -1.21. The van der Waals surface area contributed by atoms with Crippen LogP contribution in [-0.4, -0.2) is 24.2 Å². The van der Waals surface area contributed by atoms with Gasteiger partial charge in [-0.05, 0) is 43.4 Å². The Bertz CT molecular complexity index is 476. The molecule has 0 radical (unpaired) electrons. The van der Waals surface area contributed by atoms with E-state index >= 15 is 0 Å². The first kappa shape index (κ1) is 14.8. The van der Waals surface area contributed by atoms with E-state index in [4.69, 9.17) is 5.11 Å². The lowest BCUT2D eigenvalue weighted by atomic mass is 9.96. The largest absolute Gasteiger partial charge is 0.478 e. The standard InChI is InChI=1S/C16H22FNO2/c1-2-4-12-5-3-9-18(10-8-12)13-6-7-14(16(19)20)15(17)11-13/h6-7,11-12H,2-5,8-10H2,1H3,(H,19,20). The Morgan fingerprint density at radius 2 is 2.20 bits per heavy atom. The molecule has 0 spiro atoms. The maximum atomic E-state index is 13.7. The van der Waals surface area contributed by atoms with Gasteiger partial charge < -0.3 is 10.0 Å². The van der Waals surface area contributed by atoms with Crippen molar-refractivity contribution in [3.63, 3.8) is 0 Å². The van der Waals surface area contributed by atoms with Crippen molar-refractivity contribution in [2.45, 2.75) is 39.0 Å². The van der Waals surface area contributed by atoms with Crippen LogP contribution in [0.25, 0.3) is 0 Å². The predicted molar refractivity (Wildman–Crippen MR) is 77.8 cm³/mol. The van der Waals surface area contributed by atoms with Gasteiger partial charge in [-0.25, -0.2) is 9.18 Å². The number of benzene rings is 1. The van der Waals surface area contributed by atoms with Gasteiger partial charge in [-0.3, -0.25) is 0 Å². The third-order valence-corrected chi connectivity index (χ3v) is 4.09. The number of carbonyl (C=O) groups is 1. The summed E-state index contributed by atoms with van der Waals surface area (Å²) in [5.74, 6) is -1.09. The third kappa shape index (κ3) is 3.50. The molecule has 0 aliphatic carbocycles. The van der Waals surface area contributed by atoms with Gasteiger partial charge in [0.15, 0.2) is 0 Å². The van der Waals surface area contributed by atoms with Crippen LogP contribution in [0.1, 0.15) is 49.4 Å². The summed E-state index contributed by atoms with van der Waals surface area (Å²) in [6.07, 6.45) is 5.97. The van der Waals surface area contributed by atoms with Crippen molar-refractivity contribution in [1.29, 1.82) is 0 Å². The van der Waals surface area contributed by atoms with E-state index in [1.807, 2.05) is 0 Å². The summed E-state index contributed by atoms with van der Waals surface area (Å²) < 4.78 is 13.7. The van der Waals surface area contributed by atoms with E-state index in [-0.39, 0.29) is 5.56 Å². The first-order valence-electron chi connectivity index (χ1n) is 7.39. The van der Waals surface area contributed by atoms with E-state index in [1.165, 1.54) is 31.4 Å². The molecule has 0 bridgehead atoms. The second kappa shape index (κ2) is 6.73. The summed E-state index contributed by atoms with van der Waals surface area (Å²) in [5, 5.41) is 8.85. The number of halogens is 1. The molecule has 3 nitrogen and oxygen atoms in total. The summed E-state index contributed by atoms with van der Waals surface area (Å²) in [5.41, 5.74) is 0.539. The van der Waals surface area contributed by atoms with Crippen LogP contribution in [-0.2, 0) is 0 Å². The fourth-order valence-corrected chi connectivity index (χ4v) is 2.99. The van der Waals surface area contributed by atoms with E-state index in [9.17, 15) is 9.18 Å². The van der Waals surface area contributed by atoms with Gasteiger partial charge in [0.2, 0.25) is 0 Å². The quantitative estimate of drug-likeness (QED) is 0.907. The highest BCUT2D eigenvalue weighted by Crippen LogP contribution is 2.26. The summed E-state index contributed by atoms with van der Waals surface area (Å²) in [7, 11) is 0. The van der Waals surface area contributed by atoms with Crippen molar-refractivity contribution in [3.8, 4) is 0 Å². The number of nitrogens with zero attached hydrogens (tertiary/aromatic N) is 1. The Kier molecular flexibility index (Phi) is 4.99. The minimum Gasteiger partial charge on any atom is -0.478 e. The van der Waals surface area contributed by atoms with E-state index in [0.29, 0.717) is 0 Å². The average molecular weight is 279 g/mol. The first-order chi connectivity index (χ1) is 9.61. The summed E-state index contributed by atoms with van der Waals surface area (Å²) in [4.78, 5) is 13.0. The molecule has 2 rings (SSSR count). The highest BCUT2D eigenvalue weighted by molar-refractivity contribution is 5.88. The summed E-state index contributed by atoms with van der Waals surface area (Å²) >= 11 is 0. The average Bonchev–Trinajstić information content (AvgIpc) is 2.64. The second-order valence-corrected chi connectivity index (χ2v) is 5.54. The number of rotatable bonds is 4. The zero-order valence-electron chi connectivity index (χ0n) is 11.9. The third-order valence-electron chi connectivity index (χ3n) is 4.09. The Morgan fingerprint density at radius 3 is 2.85 bits per heavy atom. The second-order valence-electron chi connectivity index (χ2n) is 5.54. The maximum absolute atomic E-state index is 13.7. The number of hydrogen-bond donors (Lipinski definition) is 1. The summed E-state index contributed by atoms with van der Waals surface area (Å²) in [6, 6.07) is 4.43. The van der Waals surface area contributed by atoms with Crippen LogP contribution in [0.3, 0.4) is 0 Å². The van der Waals surface area contributed by atoms with Crippen LogP contribution in [0.4, 0.5) is 10.1 Å². The molecule has 0 amide bonds. The van der Waals surface area contributed by atoms with Crippen molar-refractivity contribution < 1.29 is 14.3 Å². The van der Waals surface area contributed by atoms with Crippen LogP contribution >= 0.6 is 0 Å². The van der Waals surface area contributed by atoms with Gasteiger partial charge >= 0.3 is 5.97 Å². The van der Waals surface area contributed by atoms with Gasteiger partial charge in [0.25, 0.3) is 0 Å². The monoisotopic (exact) mass is 279 g/mol. The molecule has 1 aromatic carbocycles. The van der Waals surface area contributed by atoms with Gasteiger partial charge in [-0.15, -0.1) is 0 Å². The molecule has 4 heteroatoms. The Morgan fingerprint density at radius 1 is 1.40 bits per heavy atom. The van der Waals surface area contributed by atoms with E-state index < -0.39 is 11.8 Å². The number of anilines is 1. The van der Waals surface area contributed by atoms with Crippen molar-refractivity contribution in [2.24, 2.45) is 5.92 Å². The van der Waals surface area contributed by atoms with Crippen molar-refractivity contribution >= 4 is 11.7 Å². The molecular formula is C16H22FNO2. The molecule has 1 saturated heterocycles. The van der Waals surface area contributed by atoms with Crippen molar-refractivity contribution in [1.82, 2.24) is 0 Å². The molecular weight excluding hydrogens is 257 g/mol. The molecule has 0 saturated carbocycles. The van der Waals surface area contributed by atoms with E-state index in [1.54, 1.807) is 6.07 Å². The number of carboxylic acids is 1. The fraction of sp³-hybridized carbons (Fsp3) is 0.562. The van der Waals surface area contributed by atoms with Crippen LogP contribution in [0.5, 0.6) is 0 Å². The molecule has 1 aliphatic rings. The minimum absolute atomic E-state index is 0.257. The van der Waals surface area contributed by atoms with Crippen LogP contribution in [0, 0.1) is 11.7 Å². The molecule has 1 unspecified atom stereocenters. The molecule has 110 valence electrons. The molecule has 1 aromatic rings. The molecule has 1 atom stereocenters. The lowest BCUT2D eigenvalue weighted by Crippen LogP contribution is -2.24. The number of aromatic carboxylic acids is 1. The number of carboxylic acid groups (broad SMARTS) is 1. The zero-order chi connectivity index (χ0) is 14.5. The first-order valence-corrected chi connectivity index (χ1v) is 7.39. The van der Waals surface area contributed by atoms with Crippen LogP contribution in [0.15, 0.2) is 18.2 Å². The Hall–Kier alpha value is -1.58. The topological polar surface area (TPSA) is 40.5 Å². The van der Waals surface area contributed by atoms with Crippen molar-refractivity contribution in [3.05, 3.63) is 29.6 Å². The van der Waals surface area contributed by atoms with Gasteiger partial charge in [-0.2, -0.15) is 0 Å². The van der Waals surface area contributed by atoms with Gasteiger partial charge in [0.1, 0.15) is 5.82 Å². The van der Waals surface area contributed by atoms with Crippen LogP contribution < -0.4 is 4.90 Å². The molecule has 1 heterocycles. The van der Waals surface area contributed by atoms with Gasteiger partial charge in [0, 0.05) is 18.8 Å². The Balaban J connectivity index is 2.08.